The van der Waals surface area contributed by atoms with Gasteiger partial charge in [0.2, 0.25) is 0 Å². The molecule has 1 amide bonds. The molecule has 0 saturated carbocycles. The molecule has 0 bridgehead atoms. The van der Waals surface area contributed by atoms with Crippen molar-refractivity contribution in [2.75, 3.05) is 13.2 Å². The molecule has 2 heterocycles. The molecule has 0 radical (unpaired) electrons. The highest BCUT2D eigenvalue weighted by Crippen LogP contribution is 2.16. The zero-order chi connectivity index (χ0) is 14.5. The SMILES string of the molecule is Cc1nc(CC(=O)OCC(=O)N2CCCCC2C)cs1. The molecule has 1 saturated heterocycles. The molecule has 6 heteroatoms. The number of thiazole rings is 1. The van der Waals surface area contributed by atoms with Gasteiger partial charge in [0, 0.05) is 18.0 Å². The number of piperidine rings is 1. The number of carbonyl (C=O) groups is 2. The molecule has 2 rings (SSSR count). The molecule has 1 aliphatic heterocycles. The Morgan fingerprint density at radius 3 is 2.95 bits per heavy atom. The van der Waals surface area contributed by atoms with E-state index >= 15 is 0 Å². The Bertz CT molecular complexity index is 487. The number of hydrogen-bond acceptors (Lipinski definition) is 5. The highest BCUT2D eigenvalue weighted by Gasteiger charge is 2.23. The largest absolute Gasteiger partial charge is 0.455 e. The maximum absolute atomic E-state index is 12.0. The normalized spacial score (nSPS) is 18.9. The number of aromatic nitrogens is 1. The quantitative estimate of drug-likeness (QED) is 0.797. The van der Waals surface area contributed by atoms with Crippen molar-refractivity contribution >= 4 is 23.2 Å². The number of ether oxygens (including phenoxy) is 1. The van der Waals surface area contributed by atoms with Crippen molar-refractivity contribution in [3.05, 3.63) is 16.1 Å². The topological polar surface area (TPSA) is 59.5 Å². The Morgan fingerprint density at radius 2 is 2.30 bits per heavy atom. The molecule has 5 nitrogen and oxygen atoms in total. The maximum Gasteiger partial charge on any atom is 0.312 e. The molecule has 1 unspecified atom stereocenters. The van der Waals surface area contributed by atoms with Crippen molar-refractivity contribution in [1.82, 2.24) is 9.88 Å². The minimum atomic E-state index is -0.395. The molecule has 1 aromatic heterocycles. The molecule has 20 heavy (non-hydrogen) atoms. The van der Waals surface area contributed by atoms with Crippen molar-refractivity contribution in [1.29, 1.82) is 0 Å². The summed E-state index contributed by atoms with van der Waals surface area (Å²) in [6.07, 6.45) is 3.35. The average Bonchev–Trinajstić information content (AvgIpc) is 2.82. The second kappa shape index (κ2) is 6.83. The molecule has 0 aliphatic carbocycles. The Kier molecular flexibility index (Phi) is 5.11. The van der Waals surface area contributed by atoms with Gasteiger partial charge in [-0.15, -0.1) is 11.3 Å². The first-order valence-corrected chi connectivity index (χ1v) is 7.80. The standard InChI is InChI=1S/C14H20N2O3S/c1-10-5-3-4-6-16(10)13(17)8-19-14(18)7-12-9-20-11(2)15-12/h9-10H,3-8H2,1-2H3. The van der Waals surface area contributed by atoms with Crippen LogP contribution in [0, 0.1) is 6.92 Å². The van der Waals surface area contributed by atoms with E-state index < -0.39 is 5.97 Å². The third-order valence-corrected chi connectivity index (χ3v) is 4.29. The smallest absolute Gasteiger partial charge is 0.312 e. The molecule has 0 aromatic carbocycles. The number of likely N-dealkylation sites (tertiary alicyclic amines) is 1. The predicted octanol–water partition coefficient (Wildman–Crippen LogP) is 1.94. The van der Waals surface area contributed by atoms with Crippen LogP contribution in [-0.4, -0.2) is 41.0 Å². The number of hydrogen-bond donors (Lipinski definition) is 0. The number of aryl methyl sites for hydroxylation is 1. The van der Waals surface area contributed by atoms with Crippen LogP contribution in [0.2, 0.25) is 0 Å². The Labute approximate surface area is 122 Å². The van der Waals surface area contributed by atoms with Crippen molar-refractivity contribution in [2.24, 2.45) is 0 Å². The summed E-state index contributed by atoms with van der Waals surface area (Å²) in [5.74, 6) is -0.492. The summed E-state index contributed by atoms with van der Waals surface area (Å²) < 4.78 is 5.05. The number of esters is 1. The fourth-order valence-electron chi connectivity index (χ4n) is 2.38. The van der Waals surface area contributed by atoms with Crippen LogP contribution in [0.3, 0.4) is 0 Å². The van der Waals surface area contributed by atoms with Crippen molar-refractivity contribution in [3.63, 3.8) is 0 Å². The summed E-state index contributed by atoms with van der Waals surface area (Å²) in [4.78, 5) is 29.7. The van der Waals surface area contributed by atoms with Crippen molar-refractivity contribution in [2.45, 2.75) is 45.6 Å². The fraction of sp³-hybridized carbons (Fsp3) is 0.643. The van der Waals surface area contributed by atoms with Crippen LogP contribution in [0.15, 0.2) is 5.38 Å². The Hall–Kier alpha value is -1.43. The third kappa shape index (κ3) is 4.03. The van der Waals surface area contributed by atoms with Crippen LogP contribution < -0.4 is 0 Å². The van der Waals surface area contributed by atoms with E-state index in [-0.39, 0.29) is 25.0 Å². The van der Waals surface area contributed by atoms with E-state index in [1.54, 1.807) is 0 Å². The first kappa shape index (κ1) is 15.0. The van der Waals surface area contributed by atoms with Crippen LogP contribution in [-0.2, 0) is 20.7 Å². The average molecular weight is 296 g/mol. The van der Waals surface area contributed by atoms with E-state index in [4.69, 9.17) is 4.74 Å². The van der Waals surface area contributed by atoms with Gasteiger partial charge >= 0.3 is 5.97 Å². The minimum absolute atomic E-state index is 0.0972. The van der Waals surface area contributed by atoms with Gasteiger partial charge < -0.3 is 9.64 Å². The summed E-state index contributed by atoms with van der Waals surface area (Å²) in [6, 6.07) is 0.246. The van der Waals surface area contributed by atoms with Gasteiger partial charge in [0.15, 0.2) is 6.61 Å². The van der Waals surface area contributed by atoms with E-state index in [1.807, 2.05) is 24.1 Å². The summed E-state index contributed by atoms with van der Waals surface area (Å²) in [7, 11) is 0. The third-order valence-electron chi connectivity index (χ3n) is 3.47. The van der Waals surface area contributed by atoms with E-state index in [1.165, 1.54) is 11.3 Å². The lowest BCUT2D eigenvalue weighted by Gasteiger charge is -2.33. The van der Waals surface area contributed by atoms with Gasteiger partial charge in [0.1, 0.15) is 0 Å². The van der Waals surface area contributed by atoms with Crippen LogP contribution in [0.1, 0.15) is 36.9 Å². The monoisotopic (exact) mass is 296 g/mol. The van der Waals surface area contributed by atoms with Crippen LogP contribution in [0.5, 0.6) is 0 Å². The molecule has 0 N–H and O–H groups in total. The van der Waals surface area contributed by atoms with E-state index in [2.05, 4.69) is 4.98 Å². The first-order valence-electron chi connectivity index (χ1n) is 6.92. The number of rotatable bonds is 4. The molecule has 1 fully saturated rings. The molecule has 0 spiro atoms. The van der Waals surface area contributed by atoms with Gasteiger partial charge in [-0.2, -0.15) is 0 Å². The van der Waals surface area contributed by atoms with E-state index in [0.29, 0.717) is 5.69 Å². The fourth-order valence-corrected chi connectivity index (χ4v) is 2.99. The zero-order valence-electron chi connectivity index (χ0n) is 11.9. The molecule has 1 aromatic rings. The lowest BCUT2D eigenvalue weighted by Crippen LogP contribution is -2.44. The van der Waals surface area contributed by atoms with Gasteiger partial charge in [-0.05, 0) is 33.1 Å². The Balaban J connectivity index is 1.76. The number of carbonyl (C=O) groups excluding carboxylic acids is 2. The summed E-state index contributed by atoms with van der Waals surface area (Å²) in [6.45, 7) is 4.53. The number of nitrogens with zero attached hydrogens (tertiary/aromatic N) is 2. The molecule has 1 atom stereocenters. The van der Waals surface area contributed by atoms with Gasteiger partial charge in [-0.1, -0.05) is 0 Å². The second-order valence-electron chi connectivity index (χ2n) is 5.13. The van der Waals surface area contributed by atoms with E-state index in [0.717, 1.165) is 30.8 Å². The molecule has 110 valence electrons. The second-order valence-corrected chi connectivity index (χ2v) is 6.19. The predicted molar refractivity (Wildman–Crippen MR) is 76.5 cm³/mol. The molecular weight excluding hydrogens is 276 g/mol. The van der Waals surface area contributed by atoms with Crippen molar-refractivity contribution < 1.29 is 14.3 Å². The van der Waals surface area contributed by atoms with E-state index in [9.17, 15) is 9.59 Å². The summed E-state index contributed by atoms with van der Waals surface area (Å²) in [5.41, 5.74) is 0.705. The Morgan fingerprint density at radius 1 is 1.50 bits per heavy atom. The van der Waals surface area contributed by atoms with Gasteiger partial charge in [0.05, 0.1) is 17.1 Å². The number of amides is 1. The maximum atomic E-state index is 12.0. The summed E-state index contributed by atoms with van der Waals surface area (Å²) >= 11 is 1.50. The van der Waals surface area contributed by atoms with Crippen LogP contribution >= 0.6 is 11.3 Å². The zero-order valence-corrected chi connectivity index (χ0v) is 12.7. The highest BCUT2D eigenvalue weighted by atomic mass is 32.1. The highest BCUT2D eigenvalue weighted by molar-refractivity contribution is 7.09. The lowest BCUT2D eigenvalue weighted by molar-refractivity contribution is -0.153. The van der Waals surface area contributed by atoms with Crippen molar-refractivity contribution in [3.8, 4) is 0 Å². The lowest BCUT2D eigenvalue weighted by atomic mass is 10.0. The van der Waals surface area contributed by atoms with Crippen LogP contribution in [0.4, 0.5) is 0 Å². The van der Waals surface area contributed by atoms with Gasteiger partial charge in [-0.3, -0.25) is 9.59 Å². The van der Waals surface area contributed by atoms with Crippen LogP contribution in [0.25, 0.3) is 0 Å². The minimum Gasteiger partial charge on any atom is -0.455 e. The summed E-state index contributed by atoms with van der Waals surface area (Å²) in [5, 5.41) is 2.76. The van der Waals surface area contributed by atoms with Gasteiger partial charge in [-0.25, -0.2) is 4.98 Å². The molecular formula is C14H20N2O3S. The van der Waals surface area contributed by atoms with Gasteiger partial charge in [0.25, 0.3) is 5.91 Å². The first-order chi connectivity index (χ1) is 9.56. The molecule has 1 aliphatic rings.